The Morgan fingerprint density at radius 2 is 1.81 bits per heavy atom. The van der Waals surface area contributed by atoms with E-state index >= 15 is 0 Å². The first-order valence-corrected chi connectivity index (χ1v) is 11.5. The van der Waals surface area contributed by atoms with Crippen LogP contribution in [0.1, 0.15) is 30.3 Å². The molecule has 0 bridgehead atoms. The van der Waals surface area contributed by atoms with Crippen molar-refractivity contribution in [2.75, 3.05) is 17.3 Å². The zero-order valence-corrected chi connectivity index (χ0v) is 19.7. The third-order valence-electron chi connectivity index (χ3n) is 6.39. The molecule has 0 aliphatic heterocycles. The summed E-state index contributed by atoms with van der Waals surface area (Å²) in [5.74, 6) is 0.744. The lowest BCUT2D eigenvalue weighted by atomic mass is 10.1. The van der Waals surface area contributed by atoms with Gasteiger partial charge >= 0.3 is 6.18 Å². The summed E-state index contributed by atoms with van der Waals surface area (Å²) < 4.78 is 38.3. The first-order valence-electron chi connectivity index (χ1n) is 11.5. The van der Waals surface area contributed by atoms with Crippen molar-refractivity contribution >= 4 is 28.2 Å². The molecule has 0 unspecified atom stereocenters. The molecule has 3 heterocycles. The first kappa shape index (κ1) is 23.7. The van der Waals surface area contributed by atoms with Crippen molar-refractivity contribution in [1.82, 2.24) is 19.9 Å². The number of pyridine rings is 2. The molecular formula is C26H23F3N6O. The minimum Gasteiger partial charge on any atom is -0.348 e. The molecule has 3 aromatic heterocycles. The third-order valence-corrected chi connectivity index (χ3v) is 6.39. The number of hydrogen-bond donors (Lipinski definition) is 1. The maximum Gasteiger partial charge on any atom is 0.433 e. The van der Waals surface area contributed by atoms with Gasteiger partial charge in [-0.3, -0.25) is 9.78 Å². The van der Waals surface area contributed by atoms with Crippen LogP contribution >= 0.6 is 0 Å². The fourth-order valence-electron chi connectivity index (χ4n) is 4.27. The molecule has 0 spiro atoms. The maximum absolute atomic E-state index is 13.0. The molecule has 1 N–H and O–H groups in total. The van der Waals surface area contributed by atoms with Crippen LogP contribution < -0.4 is 10.2 Å². The number of anilines is 2. The molecule has 0 fully saturated rings. The third kappa shape index (κ3) is 4.58. The number of nitrogens with one attached hydrogen (secondary N) is 1. The summed E-state index contributed by atoms with van der Waals surface area (Å²) >= 11 is 0. The zero-order valence-electron chi connectivity index (χ0n) is 19.7. The Balaban J connectivity index is 1.41. The normalized spacial score (nSPS) is 13.9. The maximum atomic E-state index is 13.0. The Kier molecular flexibility index (Phi) is 6.03. The summed E-state index contributed by atoms with van der Waals surface area (Å²) in [4.78, 5) is 32.2. The van der Waals surface area contributed by atoms with E-state index in [1.165, 1.54) is 6.07 Å². The number of halogens is 3. The first-order chi connectivity index (χ1) is 17.2. The molecule has 184 valence electrons. The van der Waals surface area contributed by atoms with Crippen LogP contribution in [-0.4, -0.2) is 38.9 Å². The predicted molar refractivity (Wildman–Crippen MR) is 131 cm³/mol. The minimum atomic E-state index is -4.54. The average Bonchev–Trinajstić information content (AvgIpc) is 3.35. The van der Waals surface area contributed by atoms with Gasteiger partial charge in [0.2, 0.25) is 5.91 Å². The summed E-state index contributed by atoms with van der Waals surface area (Å²) in [7, 11) is 1.77. The average molecular weight is 493 g/mol. The van der Waals surface area contributed by atoms with E-state index in [1.54, 1.807) is 25.1 Å². The van der Waals surface area contributed by atoms with Crippen LogP contribution in [0.5, 0.6) is 0 Å². The Labute approximate surface area is 205 Å². The second-order valence-electron chi connectivity index (χ2n) is 8.77. The second-order valence-corrected chi connectivity index (χ2v) is 8.77. The van der Waals surface area contributed by atoms with E-state index in [4.69, 9.17) is 9.97 Å². The lowest BCUT2D eigenvalue weighted by molar-refractivity contribution is -0.141. The Bertz CT molecular complexity index is 1440. The highest BCUT2D eigenvalue weighted by atomic mass is 19.4. The van der Waals surface area contributed by atoms with Crippen molar-refractivity contribution in [3.63, 3.8) is 0 Å². The molecule has 7 nitrogen and oxygen atoms in total. The number of likely N-dealkylation sites (N-methyl/N-ethyl adjacent to an activating group) is 1. The molecule has 10 heteroatoms. The van der Waals surface area contributed by atoms with Gasteiger partial charge in [0.25, 0.3) is 0 Å². The smallest absolute Gasteiger partial charge is 0.348 e. The van der Waals surface area contributed by atoms with Crippen LogP contribution in [-0.2, 0) is 23.8 Å². The summed E-state index contributed by atoms with van der Waals surface area (Å²) in [6.45, 7) is 1.71. The lowest BCUT2D eigenvalue weighted by Crippen LogP contribution is -2.40. The van der Waals surface area contributed by atoms with Gasteiger partial charge in [0, 0.05) is 29.9 Å². The summed E-state index contributed by atoms with van der Waals surface area (Å²) in [5, 5.41) is 4.68. The quantitative estimate of drug-likeness (QED) is 0.419. The fourth-order valence-corrected chi connectivity index (χ4v) is 4.27. The number of alkyl halides is 3. The van der Waals surface area contributed by atoms with Gasteiger partial charge in [0.05, 0.1) is 11.9 Å². The van der Waals surface area contributed by atoms with Gasteiger partial charge in [-0.05, 0) is 49.8 Å². The van der Waals surface area contributed by atoms with E-state index in [9.17, 15) is 18.0 Å². The standard InChI is InChI=1S/C26H23F3N6O/c1-15(25(36)32-18-10-11-22(31-14-18)26(27,28)29)35(2)24-19-8-5-9-20(19)33-23(34-24)21-12-16-6-3-4-7-17(16)13-30-21/h3-4,6-7,10-15H,5,8-9H2,1-2H3,(H,32,36)/t15-/m1/s1. The van der Waals surface area contributed by atoms with Crippen LogP contribution in [0.3, 0.4) is 0 Å². The molecule has 1 aliphatic carbocycles. The molecule has 0 saturated heterocycles. The van der Waals surface area contributed by atoms with Crippen molar-refractivity contribution in [3.8, 4) is 11.5 Å². The molecule has 0 saturated carbocycles. The molecule has 5 rings (SSSR count). The number of benzene rings is 1. The fraction of sp³-hybridized carbons (Fsp3) is 0.269. The van der Waals surface area contributed by atoms with Crippen molar-refractivity contribution < 1.29 is 18.0 Å². The van der Waals surface area contributed by atoms with Gasteiger partial charge in [-0.2, -0.15) is 13.2 Å². The van der Waals surface area contributed by atoms with Crippen LogP contribution in [0.4, 0.5) is 24.7 Å². The minimum absolute atomic E-state index is 0.183. The second kappa shape index (κ2) is 9.18. The summed E-state index contributed by atoms with van der Waals surface area (Å²) in [6, 6.07) is 11.2. The molecule has 1 aromatic carbocycles. The monoisotopic (exact) mass is 492 g/mol. The number of fused-ring (bicyclic) bond motifs is 2. The van der Waals surface area contributed by atoms with E-state index < -0.39 is 23.8 Å². The highest BCUT2D eigenvalue weighted by molar-refractivity contribution is 5.96. The molecule has 0 radical (unpaired) electrons. The van der Waals surface area contributed by atoms with Gasteiger partial charge in [-0.25, -0.2) is 15.0 Å². The predicted octanol–water partition coefficient (Wildman–Crippen LogP) is 5.06. The number of carbonyl (C=O) groups is 1. The van der Waals surface area contributed by atoms with Gasteiger partial charge < -0.3 is 10.2 Å². The molecule has 1 amide bonds. The van der Waals surface area contributed by atoms with E-state index in [1.807, 2.05) is 30.3 Å². The van der Waals surface area contributed by atoms with E-state index in [0.717, 1.165) is 53.6 Å². The number of nitrogens with zero attached hydrogens (tertiary/aromatic N) is 5. The largest absolute Gasteiger partial charge is 0.433 e. The summed E-state index contributed by atoms with van der Waals surface area (Å²) in [6.07, 6.45) is 0.811. The number of aryl methyl sites for hydroxylation is 1. The molecule has 4 aromatic rings. The zero-order chi connectivity index (χ0) is 25.4. The SMILES string of the molecule is C[C@H](C(=O)Nc1ccc(C(F)(F)F)nc1)N(C)c1nc(-c2cc3ccccc3cn2)nc2c1CCC2. The molecule has 1 aliphatic rings. The number of hydrogen-bond acceptors (Lipinski definition) is 6. The Morgan fingerprint density at radius 3 is 2.53 bits per heavy atom. The van der Waals surface area contributed by atoms with Crippen LogP contribution in [0.25, 0.3) is 22.3 Å². The van der Waals surface area contributed by atoms with Crippen LogP contribution in [0.2, 0.25) is 0 Å². The molecular weight excluding hydrogens is 469 g/mol. The Hall–Kier alpha value is -4.08. The summed E-state index contributed by atoms with van der Waals surface area (Å²) in [5.41, 5.74) is 1.75. The number of amides is 1. The van der Waals surface area contributed by atoms with Gasteiger partial charge in [0.15, 0.2) is 5.82 Å². The van der Waals surface area contributed by atoms with Gasteiger partial charge in [0.1, 0.15) is 23.2 Å². The van der Waals surface area contributed by atoms with Crippen molar-refractivity contribution in [3.05, 3.63) is 71.8 Å². The molecule has 1 atom stereocenters. The Morgan fingerprint density at radius 1 is 1.03 bits per heavy atom. The number of rotatable bonds is 5. The number of carbonyl (C=O) groups excluding carboxylic acids is 1. The van der Waals surface area contributed by atoms with Crippen molar-refractivity contribution in [2.45, 2.75) is 38.4 Å². The van der Waals surface area contributed by atoms with Crippen molar-refractivity contribution in [2.24, 2.45) is 0 Å². The van der Waals surface area contributed by atoms with E-state index in [-0.39, 0.29) is 5.69 Å². The lowest BCUT2D eigenvalue weighted by Gasteiger charge is -2.27. The van der Waals surface area contributed by atoms with E-state index in [0.29, 0.717) is 17.3 Å². The van der Waals surface area contributed by atoms with Gasteiger partial charge in [-0.15, -0.1) is 0 Å². The molecule has 36 heavy (non-hydrogen) atoms. The van der Waals surface area contributed by atoms with E-state index in [2.05, 4.69) is 15.3 Å². The highest BCUT2D eigenvalue weighted by Gasteiger charge is 2.32. The highest BCUT2D eigenvalue weighted by Crippen LogP contribution is 2.32. The number of aromatic nitrogens is 4. The topological polar surface area (TPSA) is 83.9 Å². The van der Waals surface area contributed by atoms with Crippen molar-refractivity contribution in [1.29, 1.82) is 0 Å². The van der Waals surface area contributed by atoms with Gasteiger partial charge in [-0.1, -0.05) is 24.3 Å². The van der Waals surface area contributed by atoms with Crippen LogP contribution in [0, 0.1) is 0 Å². The van der Waals surface area contributed by atoms with Crippen LogP contribution in [0.15, 0.2) is 54.9 Å².